The summed E-state index contributed by atoms with van der Waals surface area (Å²) in [6, 6.07) is 10.6. The minimum absolute atomic E-state index is 0.914. The van der Waals surface area contributed by atoms with Gasteiger partial charge in [-0.05, 0) is 18.4 Å². The van der Waals surface area contributed by atoms with E-state index in [1.807, 2.05) is 0 Å². The highest BCUT2D eigenvalue weighted by Gasteiger charge is 2.12. The molecule has 0 saturated heterocycles. The molecular formula is C14H21NS. The predicted octanol–water partition coefficient (Wildman–Crippen LogP) is 3.80. The largest absolute Gasteiger partial charge is 0.304 e. The van der Waals surface area contributed by atoms with Gasteiger partial charge >= 0.3 is 0 Å². The second kappa shape index (κ2) is 6.97. The Bertz CT molecular complexity index is 280. The molecule has 0 unspecified atom stereocenters. The van der Waals surface area contributed by atoms with Crippen LogP contribution in [-0.4, -0.2) is 11.1 Å². The quantitative estimate of drug-likeness (QED) is 0.615. The van der Waals surface area contributed by atoms with Crippen molar-refractivity contribution in [1.29, 1.82) is 0 Å². The smallest absolute Gasteiger partial charge is 0.0423 e. The summed E-state index contributed by atoms with van der Waals surface area (Å²) in [5.41, 5.74) is 1.38. The highest BCUT2D eigenvalue weighted by Crippen LogP contribution is 2.27. The van der Waals surface area contributed by atoms with Crippen LogP contribution < -0.4 is 5.32 Å². The monoisotopic (exact) mass is 235 g/mol. The Morgan fingerprint density at radius 2 is 1.81 bits per heavy atom. The van der Waals surface area contributed by atoms with Crippen LogP contribution in [0.1, 0.15) is 37.7 Å². The molecule has 2 rings (SSSR count). The zero-order valence-electron chi connectivity index (χ0n) is 9.82. The number of thioether (sulfide) groups is 1. The van der Waals surface area contributed by atoms with Crippen LogP contribution in [0.4, 0.5) is 0 Å². The van der Waals surface area contributed by atoms with Crippen molar-refractivity contribution in [3.8, 4) is 0 Å². The number of benzene rings is 1. The van der Waals surface area contributed by atoms with Gasteiger partial charge in [-0.25, -0.2) is 0 Å². The third-order valence-corrected chi connectivity index (χ3v) is 4.46. The molecule has 1 N–H and O–H groups in total. The van der Waals surface area contributed by atoms with Crippen molar-refractivity contribution in [3.63, 3.8) is 0 Å². The first-order valence-electron chi connectivity index (χ1n) is 6.31. The topological polar surface area (TPSA) is 12.0 Å². The van der Waals surface area contributed by atoms with E-state index in [2.05, 4.69) is 47.4 Å². The molecule has 0 radical (unpaired) electrons. The molecular weight excluding hydrogens is 214 g/mol. The summed E-state index contributed by atoms with van der Waals surface area (Å²) in [5, 5.41) is 4.43. The highest BCUT2D eigenvalue weighted by atomic mass is 32.2. The Kier molecular flexibility index (Phi) is 5.23. The SMILES string of the molecule is c1ccc(CNCSC2CCCCC2)cc1. The minimum atomic E-state index is 0.914. The van der Waals surface area contributed by atoms with Crippen molar-refractivity contribution in [2.24, 2.45) is 0 Å². The van der Waals surface area contributed by atoms with Gasteiger partial charge in [0, 0.05) is 17.7 Å². The molecule has 1 fully saturated rings. The molecule has 0 heterocycles. The molecule has 88 valence electrons. The van der Waals surface area contributed by atoms with Crippen molar-refractivity contribution in [2.45, 2.75) is 43.9 Å². The van der Waals surface area contributed by atoms with Crippen LogP contribution in [0.25, 0.3) is 0 Å². The van der Waals surface area contributed by atoms with Crippen LogP contribution >= 0.6 is 11.8 Å². The van der Waals surface area contributed by atoms with Crippen molar-refractivity contribution in [2.75, 3.05) is 5.88 Å². The van der Waals surface area contributed by atoms with Gasteiger partial charge in [-0.2, -0.15) is 0 Å². The van der Waals surface area contributed by atoms with Gasteiger partial charge in [0.15, 0.2) is 0 Å². The molecule has 0 amide bonds. The molecule has 0 aromatic heterocycles. The van der Waals surface area contributed by atoms with E-state index >= 15 is 0 Å². The molecule has 2 heteroatoms. The van der Waals surface area contributed by atoms with E-state index in [9.17, 15) is 0 Å². The zero-order chi connectivity index (χ0) is 11.1. The summed E-state index contributed by atoms with van der Waals surface area (Å²) in [6.45, 7) is 1.00. The molecule has 1 aliphatic rings. The fourth-order valence-corrected chi connectivity index (χ4v) is 3.32. The summed E-state index contributed by atoms with van der Waals surface area (Å²) in [4.78, 5) is 0. The first-order chi connectivity index (χ1) is 7.95. The maximum atomic E-state index is 3.51. The number of hydrogen-bond acceptors (Lipinski definition) is 2. The van der Waals surface area contributed by atoms with Gasteiger partial charge in [-0.1, -0.05) is 49.6 Å². The molecule has 0 bridgehead atoms. The molecule has 1 aromatic rings. The number of hydrogen-bond donors (Lipinski definition) is 1. The van der Waals surface area contributed by atoms with E-state index in [-0.39, 0.29) is 0 Å². The fraction of sp³-hybridized carbons (Fsp3) is 0.571. The van der Waals surface area contributed by atoms with Gasteiger partial charge in [0.2, 0.25) is 0 Å². The first kappa shape index (κ1) is 12.0. The average Bonchev–Trinajstić information content (AvgIpc) is 2.37. The van der Waals surface area contributed by atoms with E-state index in [4.69, 9.17) is 0 Å². The van der Waals surface area contributed by atoms with Gasteiger partial charge in [0.25, 0.3) is 0 Å². The Morgan fingerprint density at radius 1 is 1.06 bits per heavy atom. The average molecular weight is 235 g/mol. The van der Waals surface area contributed by atoms with Crippen molar-refractivity contribution in [1.82, 2.24) is 5.32 Å². The van der Waals surface area contributed by atoms with E-state index in [0.717, 1.165) is 17.7 Å². The second-order valence-corrected chi connectivity index (χ2v) is 5.77. The van der Waals surface area contributed by atoms with E-state index in [0.29, 0.717) is 0 Å². The van der Waals surface area contributed by atoms with E-state index in [1.54, 1.807) is 0 Å². The van der Waals surface area contributed by atoms with Gasteiger partial charge in [-0.15, -0.1) is 11.8 Å². The summed E-state index contributed by atoms with van der Waals surface area (Å²) in [7, 11) is 0. The standard InChI is InChI=1S/C14H21NS/c1-3-7-13(8-4-1)11-15-12-16-14-9-5-2-6-10-14/h1,3-4,7-8,14-15H,2,5-6,9-12H2. The Balaban J connectivity index is 1.58. The molecule has 1 aliphatic carbocycles. The van der Waals surface area contributed by atoms with Crippen LogP contribution in [0.3, 0.4) is 0 Å². The lowest BCUT2D eigenvalue weighted by molar-refractivity contribution is 0.515. The summed E-state index contributed by atoms with van der Waals surface area (Å²) >= 11 is 2.11. The van der Waals surface area contributed by atoms with Crippen LogP contribution in [0.15, 0.2) is 30.3 Å². The molecule has 0 atom stereocenters. The molecule has 1 saturated carbocycles. The van der Waals surface area contributed by atoms with Gasteiger partial charge in [-0.3, -0.25) is 0 Å². The zero-order valence-corrected chi connectivity index (χ0v) is 10.6. The van der Waals surface area contributed by atoms with Crippen LogP contribution in [0, 0.1) is 0 Å². The lowest BCUT2D eigenvalue weighted by atomic mass is 10.0. The summed E-state index contributed by atoms with van der Waals surface area (Å²) < 4.78 is 0. The Morgan fingerprint density at radius 3 is 2.56 bits per heavy atom. The lowest BCUT2D eigenvalue weighted by Gasteiger charge is -2.21. The Labute approximate surface area is 103 Å². The van der Waals surface area contributed by atoms with Crippen LogP contribution in [-0.2, 0) is 6.54 Å². The molecule has 0 aliphatic heterocycles. The van der Waals surface area contributed by atoms with Crippen LogP contribution in [0.5, 0.6) is 0 Å². The predicted molar refractivity (Wildman–Crippen MR) is 72.6 cm³/mol. The normalized spacial score (nSPS) is 17.5. The van der Waals surface area contributed by atoms with Gasteiger partial charge < -0.3 is 5.32 Å². The third kappa shape index (κ3) is 4.18. The number of nitrogens with one attached hydrogen (secondary N) is 1. The Hall–Kier alpha value is -0.470. The molecule has 1 nitrogen and oxygen atoms in total. The maximum Gasteiger partial charge on any atom is 0.0423 e. The third-order valence-electron chi connectivity index (χ3n) is 3.15. The minimum Gasteiger partial charge on any atom is -0.304 e. The molecule has 0 spiro atoms. The van der Waals surface area contributed by atoms with Crippen molar-refractivity contribution in [3.05, 3.63) is 35.9 Å². The van der Waals surface area contributed by atoms with E-state index in [1.165, 1.54) is 37.7 Å². The summed E-state index contributed by atoms with van der Waals surface area (Å²) in [5.74, 6) is 1.10. The lowest BCUT2D eigenvalue weighted by Crippen LogP contribution is -2.17. The molecule has 1 aromatic carbocycles. The highest BCUT2D eigenvalue weighted by molar-refractivity contribution is 7.99. The van der Waals surface area contributed by atoms with E-state index < -0.39 is 0 Å². The van der Waals surface area contributed by atoms with Gasteiger partial charge in [0.1, 0.15) is 0 Å². The van der Waals surface area contributed by atoms with Crippen LogP contribution in [0.2, 0.25) is 0 Å². The first-order valence-corrected chi connectivity index (χ1v) is 7.36. The maximum absolute atomic E-state index is 3.51. The number of rotatable bonds is 5. The second-order valence-electron chi connectivity index (χ2n) is 4.48. The van der Waals surface area contributed by atoms with Crippen molar-refractivity contribution >= 4 is 11.8 Å². The molecule has 16 heavy (non-hydrogen) atoms. The van der Waals surface area contributed by atoms with Gasteiger partial charge in [0.05, 0.1) is 0 Å². The fourth-order valence-electron chi connectivity index (χ4n) is 2.20. The van der Waals surface area contributed by atoms with Crippen molar-refractivity contribution < 1.29 is 0 Å². The summed E-state index contributed by atoms with van der Waals surface area (Å²) in [6.07, 6.45) is 7.19.